The van der Waals surface area contributed by atoms with Gasteiger partial charge in [-0.2, -0.15) is 13.2 Å². The van der Waals surface area contributed by atoms with Gasteiger partial charge in [-0.05, 0) is 17.7 Å². The number of rotatable bonds is 3. The predicted octanol–water partition coefficient (Wildman–Crippen LogP) is 3.08. The van der Waals surface area contributed by atoms with E-state index in [1.165, 1.54) is 10.7 Å². The van der Waals surface area contributed by atoms with E-state index >= 15 is 0 Å². The van der Waals surface area contributed by atoms with Crippen LogP contribution in [0.15, 0.2) is 30.5 Å². The highest BCUT2D eigenvalue weighted by molar-refractivity contribution is 6.16. The second-order valence-corrected chi connectivity index (χ2v) is 4.01. The fraction of sp³-hybridized carbons (Fsp3) is 0.273. The number of aromatic nitrogens is 3. The summed E-state index contributed by atoms with van der Waals surface area (Å²) in [7, 11) is 0. The zero-order valence-electron chi connectivity index (χ0n) is 9.15. The Labute approximate surface area is 106 Å². The Morgan fingerprint density at radius 3 is 2.67 bits per heavy atom. The van der Waals surface area contributed by atoms with Gasteiger partial charge in [0.25, 0.3) is 0 Å². The van der Waals surface area contributed by atoms with E-state index in [2.05, 4.69) is 10.3 Å². The molecule has 1 aromatic carbocycles. The molecule has 0 aliphatic carbocycles. The molecule has 0 spiro atoms. The Morgan fingerprint density at radius 2 is 2.06 bits per heavy atom. The van der Waals surface area contributed by atoms with E-state index in [-0.39, 0.29) is 12.4 Å². The summed E-state index contributed by atoms with van der Waals surface area (Å²) in [5, 5.41) is 7.54. The van der Waals surface area contributed by atoms with Crippen LogP contribution in [0, 0.1) is 0 Å². The van der Waals surface area contributed by atoms with Crippen molar-refractivity contribution in [2.75, 3.05) is 0 Å². The molecule has 7 heteroatoms. The van der Waals surface area contributed by atoms with Crippen LogP contribution in [0.5, 0.6) is 0 Å². The number of halogens is 4. The molecule has 2 rings (SSSR count). The van der Waals surface area contributed by atoms with E-state index in [1.54, 1.807) is 12.3 Å². The molecular formula is C11H9ClF3N3. The van der Waals surface area contributed by atoms with Crippen molar-refractivity contribution in [3.05, 3.63) is 47.3 Å². The van der Waals surface area contributed by atoms with Crippen LogP contribution in [0.4, 0.5) is 13.2 Å². The first-order valence-electron chi connectivity index (χ1n) is 5.10. The number of nitrogens with zero attached hydrogens (tertiary/aromatic N) is 3. The highest BCUT2D eigenvalue weighted by Crippen LogP contribution is 2.29. The van der Waals surface area contributed by atoms with Gasteiger partial charge in [0.2, 0.25) is 0 Å². The first-order valence-corrected chi connectivity index (χ1v) is 5.63. The molecule has 1 aromatic heterocycles. The second-order valence-electron chi connectivity index (χ2n) is 3.74. The Hall–Kier alpha value is -1.56. The van der Waals surface area contributed by atoms with Crippen molar-refractivity contribution >= 4 is 11.6 Å². The van der Waals surface area contributed by atoms with Crippen molar-refractivity contribution in [1.29, 1.82) is 0 Å². The molecule has 0 bridgehead atoms. The minimum Gasteiger partial charge on any atom is -0.248 e. The lowest BCUT2D eigenvalue weighted by Crippen LogP contribution is -2.07. The lowest BCUT2D eigenvalue weighted by molar-refractivity contribution is -0.137. The Kier molecular flexibility index (Phi) is 3.56. The van der Waals surface area contributed by atoms with Crippen LogP contribution in [0.1, 0.15) is 16.8 Å². The van der Waals surface area contributed by atoms with E-state index in [4.69, 9.17) is 11.6 Å². The maximum Gasteiger partial charge on any atom is 0.416 e. The number of benzene rings is 1. The third-order valence-electron chi connectivity index (χ3n) is 2.32. The van der Waals surface area contributed by atoms with Crippen LogP contribution in [-0.2, 0) is 18.6 Å². The van der Waals surface area contributed by atoms with Crippen molar-refractivity contribution in [2.24, 2.45) is 0 Å². The van der Waals surface area contributed by atoms with Crippen LogP contribution in [0.2, 0.25) is 0 Å². The lowest BCUT2D eigenvalue weighted by atomic mass is 10.1. The minimum atomic E-state index is -4.33. The molecular weight excluding hydrogens is 267 g/mol. The first kappa shape index (κ1) is 12.9. The number of alkyl halides is 4. The Bertz CT molecular complexity index is 536. The van der Waals surface area contributed by atoms with Gasteiger partial charge >= 0.3 is 6.18 Å². The maximum absolute atomic E-state index is 12.5. The van der Waals surface area contributed by atoms with Crippen LogP contribution >= 0.6 is 11.6 Å². The average molecular weight is 276 g/mol. The van der Waals surface area contributed by atoms with Gasteiger partial charge in [0.05, 0.1) is 29.9 Å². The van der Waals surface area contributed by atoms with E-state index in [1.807, 2.05) is 0 Å². The summed E-state index contributed by atoms with van der Waals surface area (Å²) in [6.07, 6.45) is -2.73. The molecule has 0 aliphatic heterocycles. The first-order chi connectivity index (χ1) is 8.49. The zero-order valence-corrected chi connectivity index (χ0v) is 9.91. The van der Waals surface area contributed by atoms with Crippen LogP contribution < -0.4 is 0 Å². The fourth-order valence-electron chi connectivity index (χ4n) is 1.51. The lowest BCUT2D eigenvalue weighted by Gasteiger charge is -2.08. The standard InChI is InChI=1S/C11H9ClF3N3/c12-5-10-7-18(17-16-10)6-8-2-1-3-9(4-8)11(13,14)15/h1-4,7H,5-6H2. The van der Waals surface area contributed by atoms with Gasteiger partial charge in [0.1, 0.15) is 0 Å². The van der Waals surface area contributed by atoms with Gasteiger partial charge < -0.3 is 0 Å². The topological polar surface area (TPSA) is 30.7 Å². The summed E-state index contributed by atoms with van der Waals surface area (Å²) >= 11 is 5.56. The summed E-state index contributed by atoms with van der Waals surface area (Å²) in [6, 6.07) is 5.12. The molecule has 96 valence electrons. The largest absolute Gasteiger partial charge is 0.416 e. The van der Waals surface area contributed by atoms with E-state index in [0.717, 1.165) is 12.1 Å². The van der Waals surface area contributed by atoms with Gasteiger partial charge in [-0.3, -0.25) is 0 Å². The Morgan fingerprint density at radius 1 is 1.28 bits per heavy atom. The van der Waals surface area contributed by atoms with Crippen molar-refractivity contribution < 1.29 is 13.2 Å². The maximum atomic E-state index is 12.5. The van der Waals surface area contributed by atoms with Crippen LogP contribution in [0.25, 0.3) is 0 Å². The monoisotopic (exact) mass is 275 g/mol. The number of hydrogen-bond acceptors (Lipinski definition) is 2. The van der Waals surface area contributed by atoms with E-state index in [9.17, 15) is 13.2 Å². The summed E-state index contributed by atoms with van der Waals surface area (Å²) in [4.78, 5) is 0. The van der Waals surface area contributed by atoms with Gasteiger partial charge in [0.15, 0.2) is 0 Å². The molecule has 2 aromatic rings. The van der Waals surface area contributed by atoms with Crippen molar-refractivity contribution in [3.8, 4) is 0 Å². The molecule has 0 aliphatic rings. The summed E-state index contributed by atoms with van der Waals surface area (Å²) in [5.74, 6) is 0.225. The molecule has 0 saturated heterocycles. The molecule has 0 atom stereocenters. The zero-order chi connectivity index (χ0) is 13.2. The SMILES string of the molecule is FC(F)(F)c1cccc(Cn2cc(CCl)nn2)c1. The summed E-state index contributed by atoms with van der Waals surface area (Å²) < 4.78 is 39.0. The number of hydrogen-bond donors (Lipinski definition) is 0. The molecule has 0 saturated carbocycles. The van der Waals surface area contributed by atoms with Crippen molar-refractivity contribution in [3.63, 3.8) is 0 Å². The van der Waals surface area contributed by atoms with Crippen LogP contribution in [0.3, 0.4) is 0 Å². The van der Waals surface area contributed by atoms with Crippen molar-refractivity contribution in [1.82, 2.24) is 15.0 Å². The molecule has 0 N–H and O–H groups in total. The third kappa shape index (κ3) is 3.01. The van der Waals surface area contributed by atoms with Crippen LogP contribution in [-0.4, -0.2) is 15.0 Å². The van der Waals surface area contributed by atoms with Gasteiger partial charge in [-0.1, -0.05) is 17.3 Å². The van der Waals surface area contributed by atoms with Gasteiger partial charge in [-0.25, -0.2) is 4.68 Å². The third-order valence-corrected chi connectivity index (χ3v) is 2.60. The molecule has 3 nitrogen and oxygen atoms in total. The molecule has 0 unspecified atom stereocenters. The fourth-order valence-corrected chi connectivity index (χ4v) is 1.63. The summed E-state index contributed by atoms with van der Waals surface area (Å²) in [5.41, 5.74) is 0.428. The highest BCUT2D eigenvalue weighted by Gasteiger charge is 2.30. The molecule has 0 amide bonds. The molecule has 18 heavy (non-hydrogen) atoms. The van der Waals surface area contributed by atoms with E-state index < -0.39 is 11.7 Å². The smallest absolute Gasteiger partial charge is 0.248 e. The normalized spacial score (nSPS) is 11.8. The summed E-state index contributed by atoms with van der Waals surface area (Å²) in [6.45, 7) is 0.230. The quantitative estimate of drug-likeness (QED) is 0.806. The Balaban J connectivity index is 2.19. The van der Waals surface area contributed by atoms with Gasteiger partial charge in [0, 0.05) is 0 Å². The average Bonchev–Trinajstić information content (AvgIpc) is 2.76. The van der Waals surface area contributed by atoms with Gasteiger partial charge in [-0.15, -0.1) is 16.7 Å². The van der Waals surface area contributed by atoms with Crippen molar-refractivity contribution in [2.45, 2.75) is 18.6 Å². The molecule has 0 radical (unpaired) electrons. The molecule has 1 heterocycles. The molecule has 0 fully saturated rings. The minimum absolute atomic E-state index is 0.225. The predicted molar refractivity (Wildman–Crippen MR) is 60.1 cm³/mol. The second kappa shape index (κ2) is 4.97. The highest BCUT2D eigenvalue weighted by atomic mass is 35.5. The van der Waals surface area contributed by atoms with E-state index in [0.29, 0.717) is 11.3 Å².